The molecule has 13 heavy (non-hydrogen) atoms. The summed E-state index contributed by atoms with van der Waals surface area (Å²) in [6, 6.07) is 0.0264. The second kappa shape index (κ2) is 4.51. The molecule has 0 saturated carbocycles. The van der Waals surface area contributed by atoms with Gasteiger partial charge in [0.25, 0.3) is 0 Å². The van der Waals surface area contributed by atoms with E-state index in [9.17, 15) is 12.9 Å². The molecule has 0 N–H and O–H groups in total. The summed E-state index contributed by atoms with van der Waals surface area (Å²) in [5, 5.41) is 0. The van der Waals surface area contributed by atoms with Gasteiger partial charge in [-0.15, -0.1) is 0 Å². The molecule has 0 aromatic carbocycles. The molecule has 2 aliphatic heterocycles. The van der Waals surface area contributed by atoms with E-state index in [0.29, 0.717) is 13.2 Å². The van der Waals surface area contributed by atoms with Crippen LogP contribution in [0.1, 0.15) is 6.42 Å². The van der Waals surface area contributed by atoms with Crippen molar-refractivity contribution in [3.63, 3.8) is 0 Å². The van der Waals surface area contributed by atoms with Crippen molar-refractivity contribution >= 4 is 6.98 Å². The molecule has 2 heterocycles. The van der Waals surface area contributed by atoms with Crippen molar-refractivity contribution in [1.29, 1.82) is 0 Å². The normalized spacial score (nSPS) is 33.5. The second-order valence-corrected chi connectivity index (χ2v) is 3.51. The van der Waals surface area contributed by atoms with Gasteiger partial charge in [0.05, 0.1) is 12.7 Å². The van der Waals surface area contributed by atoms with Gasteiger partial charge in [0.2, 0.25) is 0 Å². The Morgan fingerprint density at radius 3 is 2.46 bits per heavy atom. The Bertz CT molecular complexity index is 191. The predicted molar refractivity (Wildman–Crippen MR) is 38.8 cm³/mol. The number of hydrogen-bond acceptors (Lipinski definition) is 2. The SMILES string of the molecule is F[B-](F)(F)CN1C[C@@H]2C[C@H]1CO2.[K+]. The Morgan fingerprint density at radius 1 is 1.38 bits per heavy atom. The molecular weight excluding hydrogens is 209 g/mol. The van der Waals surface area contributed by atoms with E-state index in [1.54, 1.807) is 0 Å². The zero-order chi connectivity index (χ0) is 8.77. The average Bonchev–Trinajstić information content (AvgIpc) is 2.42. The van der Waals surface area contributed by atoms with Crippen molar-refractivity contribution in [3.8, 4) is 0 Å². The third-order valence-electron chi connectivity index (χ3n) is 2.46. The fourth-order valence-electron chi connectivity index (χ4n) is 1.97. The van der Waals surface area contributed by atoms with Crippen LogP contribution in [0, 0.1) is 0 Å². The quantitative estimate of drug-likeness (QED) is 0.491. The first-order chi connectivity index (χ1) is 5.54. The number of ether oxygens (including phenoxy) is 1. The number of rotatable bonds is 2. The van der Waals surface area contributed by atoms with Gasteiger partial charge in [0.15, 0.2) is 0 Å². The van der Waals surface area contributed by atoms with Crippen molar-refractivity contribution < 1.29 is 69.1 Å². The van der Waals surface area contributed by atoms with Gasteiger partial charge in [-0.2, -0.15) is 0 Å². The summed E-state index contributed by atoms with van der Waals surface area (Å²) in [4.78, 5) is 1.49. The Hall–Kier alpha value is 1.41. The molecule has 2 fully saturated rings. The maximum absolute atomic E-state index is 12.0. The fraction of sp³-hybridized carbons (Fsp3) is 1.00. The maximum atomic E-state index is 12.0. The van der Waals surface area contributed by atoms with Gasteiger partial charge in [0, 0.05) is 12.6 Å². The zero-order valence-corrected chi connectivity index (χ0v) is 10.7. The minimum absolute atomic E-state index is 0. The monoisotopic (exact) mass is 219 g/mol. The van der Waals surface area contributed by atoms with Crippen LogP contribution in [0.4, 0.5) is 12.9 Å². The van der Waals surface area contributed by atoms with Gasteiger partial charge in [-0.1, -0.05) is 0 Å². The van der Waals surface area contributed by atoms with Crippen LogP contribution < -0.4 is 51.4 Å². The van der Waals surface area contributed by atoms with Crippen molar-refractivity contribution in [2.75, 3.05) is 19.6 Å². The predicted octanol–water partition coefficient (Wildman–Crippen LogP) is -2.15. The molecule has 0 aromatic heterocycles. The number of nitrogens with zero attached hydrogens (tertiary/aromatic N) is 1. The van der Waals surface area contributed by atoms with E-state index in [2.05, 4.69) is 0 Å². The number of halogens is 3. The molecule has 0 aliphatic carbocycles. The molecule has 0 spiro atoms. The molecule has 2 nitrogen and oxygen atoms in total. The van der Waals surface area contributed by atoms with Crippen molar-refractivity contribution in [1.82, 2.24) is 4.90 Å². The third kappa shape index (κ3) is 3.19. The molecule has 2 bridgehead atoms. The van der Waals surface area contributed by atoms with E-state index in [0.717, 1.165) is 6.42 Å². The first-order valence-corrected chi connectivity index (χ1v) is 4.11. The van der Waals surface area contributed by atoms with Crippen molar-refractivity contribution in [3.05, 3.63) is 0 Å². The summed E-state index contributed by atoms with van der Waals surface area (Å²) in [6.45, 7) is -3.71. The van der Waals surface area contributed by atoms with Crippen LogP contribution in [-0.2, 0) is 4.74 Å². The standard InChI is InChI=1S/C6H10BF3NO.K/c8-7(9,10)4-11-2-6-1-5(11)3-12-6;/h5-6H,1-4H2;/q-1;+1/t5-,6-;/m0./s1. The molecule has 2 rings (SSSR count). The van der Waals surface area contributed by atoms with E-state index in [-0.39, 0.29) is 63.5 Å². The minimum Gasteiger partial charge on any atom is -0.448 e. The zero-order valence-electron chi connectivity index (χ0n) is 7.55. The van der Waals surface area contributed by atoms with E-state index in [1.807, 2.05) is 0 Å². The molecule has 0 unspecified atom stereocenters. The first-order valence-electron chi connectivity index (χ1n) is 4.11. The molecular formula is C6H10BF3KNO. The Morgan fingerprint density at radius 2 is 2.08 bits per heavy atom. The second-order valence-electron chi connectivity index (χ2n) is 3.51. The van der Waals surface area contributed by atoms with Crippen LogP contribution in [0.25, 0.3) is 0 Å². The Kier molecular flexibility index (Phi) is 4.33. The van der Waals surface area contributed by atoms with Gasteiger partial charge < -0.3 is 22.6 Å². The summed E-state index contributed by atoms with van der Waals surface area (Å²) in [7, 11) is 0. The summed E-state index contributed by atoms with van der Waals surface area (Å²) in [5.74, 6) is 0. The molecule has 2 saturated heterocycles. The molecule has 0 radical (unpaired) electrons. The molecule has 70 valence electrons. The van der Waals surface area contributed by atoms with Gasteiger partial charge in [-0.3, -0.25) is 0 Å². The maximum Gasteiger partial charge on any atom is 1.00 e. The molecule has 2 aliphatic rings. The van der Waals surface area contributed by atoms with E-state index in [1.165, 1.54) is 4.90 Å². The van der Waals surface area contributed by atoms with Gasteiger partial charge >= 0.3 is 58.4 Å². The molecule has 0 aromatic rings. The van der Waals surface area contributed by atoms with Crippen molar-refractivity contribution in [2.45, 2.75) is 18.6 Å². The van der Waals surface area contributed by atoms with E-state index in [4.69, 9.17) is 4.74 Å². The number of hydrogen-bond donors (Lipinski definition) is 0. The molecule has 0 amide bonds. The first kappa shape index (κ1) is 12.5. The van der Waals surface area contributed by atoms with Crippen LogP contribution in [0.2, 0.25) is 0 Å². The Balaban J connectivity index is 0.000000845. The van der Waals surface area contributed by atoms with Gasteiger partial charge in [-0.25, -0.2) is 0 Å². The largest absolute Gasteiger partial charge is 1.00 e. The van der Waals surface area contributed by atoms with Crippen molar-refractivity contribution in [2.24, 2.45) is 0 Å². The van der Waals surface area contributed by atoms with Crippen LogP contribution in [0.15, 0.2) is 0 Å². The molecule has 2 atom stereocenters. The fourth-order valence-corrected chi connectivity index (χ4v) is 1.97. The number of morpholine rings is 1. The van der Waals surface area contributed by atoms with Crippen LogP contribution in [0.5, 0.6) is 0 Å². The number of likely N-dealkylation sites (tertiary alicyclic amines) is 1. The smallest absolute Gasteiger partial charge is 0.448 e. The van der Waals surface area contributed by atoms with E-state index < -0.39 is 13.4 Å². The van der Waals surface area contributed by atoms with Crippen LogP contribution in [-0.4, -0.2) is 43.6 Å². The Labute approximate surface area is 118 Å². The van der Waals surface area contributed by atoms with Crippen LogP contribution in [0.3, 0.4) is 0 Å². The van der Waals surface area contributed by atoms with Gasteiger partial charge in [-0.05, 0) is 12.9 Å². The number of fused-ring (bicyclic) bond motifs is 2. The summed E-state index contributed by atoms with van der Waals surface area (Å²) in [6.07, 6.45) is 0.129. The van der Waals surface area contributed by atoms with E-state index >= 15 is 0 Å². The third-order valence-corrected chi connectivity index (χ3v) is 2.46. The summed E-state index contributed by atoms with van der Waals surface area (Å²) >= 11 is 0. The minimum atomic E-state index is -4.66. The van der Waals surface area contributed by atoms with Crippen LogP contribution >= 0.6 is 0 Å². The van der Waals surface area contributed by atoms with Gasteiger partial charge in [0.1, 0.15) is 0 Å². The molecule has 7 heteroatoms. The summed E-state index contributed by atoms with van der Waals surface area (Å²) in [5.41, 5.74) is 0. The summed E-state index contributed by atoms with van der Waals surface area (Å²) < 4.78 is 41.2. The topological polar surface area (TPSA) is 12.5 Å². The average molecular weight is 219 g/mol.